The molecular weight excluding hydrogens is 194 g/mol. The number of nitrogens with two attached hydrogens (primary N) is 1. The van der Waals surface area contributed by atoms with E-state index < -0.39 is 11.2 Å². The lowest BCUT2D eigenvalue weighted by molar-refractivity contribution is 0.881. The summed E-state index contributed by atoms with van der Waals surface area (Å²) in [4.78, 5) is 25.4. The fourth-order valence-corrected chi connectivity index (χ4v) is 1.33. The van der Waals surface area contributed by atoms with Gasteiger partial charge < -0.3 is 5.73 Å². The third-order valence-corrected chi connectivity index (χ3v) is 1.97. The number of H-pyrrole nitrogens is 1. The van der Waals surface area contributed by atoms with Gasteiger partial charge in [0.15, 0.2) is 0 Å². The molecular formula is C10H9N3O2. The second kappa shape index (κ2) is 3.45. The Balaban J connectivity index is 2.75. The molecule has 0 unspecified atom stereocenters. The summed E-state index contributed by atoms with van der Waals surface area (Å²) in [5, 5.41) is 0. The zero-order valence-corrected chi connectivity index (χ0v) is 7.81. The lowest BCUT2D eigenvalue weighted by Gasteiger charge is -2.03. The van der Waals surface area contributed by atoms with Crippen LogP contribution in [-0.2, 0) is 0 Å². The van der Waals surface area contributed by atoms with Crippen molar-refractivity contribution in [3.63, 3.8) is 0 Å². The molecule has 5 nitrogen and oxygen atoms in total. The van der Waals surface area contributed by atoms with E-state index in [1.807, 2.05) is 0 Å². The van der Waals surface area contributed by atoms with E-state index in [0.717, 1.165) is 4.57 Å². The lowest BCUT2D eigenvalue weighted by atomic mass is 10.3. The molecule has 0 radical (unpaired) electrons. The van der Waals surface area contributed by atoms with E-state index in [0.29, 0.717) is 5.69 Å². The van der Waals surface area contributed by atoms with Crippen molar-refractivity contribution in [2.24, 2.45) is 0 Å². The van der Waals surface area contributed by atoms with Gasteiger partial charge in [-0.3, -0.25) is 9.78 Å². The van der Waals surface area contributed by atoms with Gasteiger partial charge in [-0.15, -0.1) is 0 Å². The molecule has 2 aromatic rings. The van der Waals surface area contributed by atoms with Crippen LogP contribution in [0.1, 0.15) is 0 Å². The highest BCUT2D eigenvalue weighted by atomic mass is 16.2. The first-order chi connectivity index (χ1) is 7.18. The molecule has 2 rings (SSSR count). The second-order valence-corrected chi connectivity index (χ2v) is 3.04. The van der Waals surface area contributed by atoms with Gasteiger partial charge in [0.25, 0.3) is 5.56 Å². The maximum Gasteiger partial charge on any atom is 0.334 e. The minimum Gasteiger partial charge on any atom is -0.385 e. The SMILES string of the molecule is Nc1cc(=O)n(-c2ccccc2)c(=O)[nH]1. The van der Waals surface area contributed by atoms with Crippen molar-refractivity contribution in [1.82, 2.24) is 9.55 Å². The Bertz CT molecular complexity index is 552. The Morgan fingerprint density at radius 3 is 2.40 bits per heavy atom. The van der Waals surface area contributed by atoms with Gasteiger partial charge in [-0.1, -0.05) is 18.2 Å². The van der Waals surface area contributed by atoms with Gasteiger partial charge in [0.2, 0.25) is 0 Å². The Hall–Kier alpha value is -2.30. The summed E-state index contributed by atoms with van der Waals surface area (Å²) < 4.78 is 1.02. The fourth-order valence-electron chi connectivity index (χ4n) is 1.33. The van der Waals surface area contributed by atoms with Crippen molar-refractivity contribution >= 4 is 5.82 Å². The van der Waals surface area contributed by atoms with Crippen molar-refractivity contribution in [2.45, 2.75) is 0 Å². The predicted molar refractivity (Wildman–Crippen MR) is 57.1 cm³/mol. The summed E-state index contributed by atoms with van der Waals surface area (Å²) in [5.41, 5.74) is 4.88. The average molecular weight is 203 g/mol. The minimum absolute atomic E-state index is 0.0668. The number of aromatic amines is 1. The van der Waals surface area contributed by atoms with Crippen LogP contribution in [0.5, 0.6) is 0 Å². The van der Waals surface area contributed by atoms with Gasteiger partial charge in [-0.05, 0) is 12.1 Å². The zero-order chi connectivity index (χ0) is 10.8. The summed E-state index contributed by atoms with van der Waals surface area (Å²) in [7, 11) is 0. The van der Waals surface area contributed by atoms with Crippen LogP contribution in [0.15, 0.2) is 46.0 Å². The number of nitrogens with zero attached hydrogens (tertiary/aromatic N) is 1. The number of nitrogen functional groups attached to an aromatic ring is 1. The summed E-state index contributed by atoms with van der Waals surface area (Å²) in [5.74, 6) is 0.0668. The molecule has 0 aliphatic carbocycles. The van der Waals surface area contributed by atoms with E-state index in [9.17, 15) is 9.59 Å². The number of aromatic nitrogens is 2. The molecule has 0 aliphatic rings. The molecule has 76 valence electrons. The van der Waals surface area contributed by atoms with Crippen LogP contribution >= 0.6 is 0 Å². The van der Waals surface area contributed by atoms with Crippen LogP contribution in [0.2, 0.25) is 0 Å². The standard InChI is InChI=1S/C10H9N3O2/c11-8-6-9(14)13(10(15)12-8)7-4-2-1-3-5-7/h1-6H,11H2,(H,12,15). The highest BCUT2D eigenvalue weighted by molar-refractivity contribution is 5.33. The molecule has 0 spiro atoms. The summed E-state index contributed by atoms with van der Waals surface area (Å²) in [6.07, 6.45) is 0. The first-order valence-corrected chi connectivity index (χ1v) is 4.36. The molecule has 5 heteroatoms. The number of hydrogen-bond donors (Lipinski definition) is 2. The summed E-state index contributed by atoms with van der Waals surface area (Å²) in [6, 6.07) is 9.82. The Morgan fingerprint density at radius 2 is 1.80 bits per heavy atom. The van der Waals surface area contributed by atoms with E-state index in [1.165, 1.54) is 6.07 Å². The molecule has 1 heterocycles. The fraction of sp³-hybridized carbons (Fsp3) is 0. The van der Waals surface area contributed by atoms with Crippen LogP contribution < -0.4 is 17.0 Å². The van der Waals surface area contributed by atoms with Crippen molar-refractivity contribution in [3.05, 3.63) is 57.2 Å². The van der Waals surface area contributed by atoms with Crippen molar-refractivity contribution < 1.29 is 0 Å². The van der Waals surface area contributed by atoms with Crippen molar-refractivity contribution in [2.75, 3.05) is 5.73 Å². The Morgan fingerprint density at radius 1 is 1.13 bits per heavy atom. The molecule has 1 aromatic carbocycles. The smallest absolute Gasteiger partial charge is 0.334 e. The van der Waals surface area contributed by atoms with Gasteiger partial charge in [0.05, 0.1) is 5.69 Å². The van der Waals surface area contributed by atoms with E-state index in [4.69, 9.17) is 5.73 Å². The monoisotopic (exact) mass is 203 g/mol. The lowest BCUT2D eigenvalue weighted by Crippen LogP contribution is -2.33. The number of para-hydroxylation sites is 1. The van der Waals surface area contributed by atoms with Gasteiger partial charge in [-0.2, -0.15) is 0 Å². The molecule has 0 amide bonds. The molecule has 0 fully saturated rings. The molecule has 1 aromatic heterocycles. The quantitative estimate of drug-likeness (QED) is 0.690. The number of anilines is 1. The predicted octanol–water partition coefficient (Wildman–Crippen LogP) is 0.108. The number of benzene rings is 1. The molecule has 0 atom stereocenters. The first-order valence-electron chi connectivity index (χ1n) is 4.36. The molecule has 0 saturated heterocycles. The zero-order valence-electron chi connectivity index (χ0n) is 7.81. The van der Waals surface area contributed by atoms with Gasteiger partial charge in [0, 0.05) is 6.07 Å². The second-order valence-electron chi connectivity index (χ2n) is 3.04. The van der Waals surface area contributed by atoms with E-state index in [-0.39, 0.29) is 5.82 Å². The molecule has 0 aliphatic heterocycles. The topological polar surface area (TPSA) is 80.9 Å². The highest BCUT2D eigenvalue weighted by Gasteiger charge is 2.03. The van der Waals surface area contributed by atoms with E-state index in [2.05, 4.69) is 4.98 Å². The maximum absolute atomic E-state index is 11.5. The van der Waals surface area contributed by atoms with Crippen LogP contribution in [0.25, 0.3) is 5.69 Å². The third-order valence-electron chi connectivity index (χ3n) is 1.97. The Labute approximate surface area is 84.8 Å². The maximum atomic E-state index is 11.5. The number of rotatable bonds is 1. The highest BCUT2D eigenvalue weighted by Crippen LogP contribution is 2.00. The number of nitrogens with one attached hydrogen (secondary N) is 1. The molecule has 0 bridgehead atoms. The molecule has 15 heavy (non-hydrogen) atoms. The van der Waals surface area contributed by atoms with Crippen LogP contribution in [0.3, 0.4) is 0 Å². The van der Waals surface area contributed by atoms with Gasteiger partial charge in [-0.25, -0.2) is 9.36 Å². The normalized spacial score (nSPS) is 10.1. The third kappa shape index (κ3) is 1.67. The van der Waals surface area contributed by atoms with Crippen LogP contribution in [0, 0.1) is 0 Å². The van der Waals surface area contributed by atoms with Gasteiger partial charge in [0.1, 0.15) is 5.82 Å². The van der Waals surface area contributed by atoms with E-state index in [1.54, 1.807) is 30.3 Å². The van der Waals surface area contributed by atoms with Crippen molar-refractivity contribution in [3.8, 4) is 5.69 Å². The minimum atomic E-state index is -0.536. The average Bonchev–Trinajstić information content (AvgIpc) is 2.17. The van der Waals surface area contributed by atoms with Crippen LogP contribution in [-0.4, -0.2) is 9.55 Å². The first kappa shape index (κ1) is 9.26. The largest absolute Gasteiger partial charge is 0.385 e. The summed E-state index contributed by atoms with van der Waals surface area (Å²) in [6.45, 7) is 0. The van der Waals surface area contributed by atoms with Crippen LogP contribution in [0.4, 0.5) is 5.82 Å². The number of hydrogen-bond acceptors (Lipinski definition) is 3. The molecule has 0 saturated carbocycles. The summed E-state index contributed by atoms with van der Waals surface area (Å²) >= 11 is 0. The Kier molecular flexibility index (Phi) is 2.13. The van der Waals surface area contributed by atoms with E-state index >= 15 is 0 Å². The molecule has 3 N–H and O–H groups in total. The van der Waals surface area contributed by atoms with Gasteiger partial charge >= 0.3 is 5.69 Å². The van der Waals surface area contributed by atoms with Crippen molar-refractivity contribution in [1.29, 1.82) is 0 Å².